The van der Waals surface area contributed by atoms with E-state index in [1.807, 2.05) is 31.2 Å². The van der Waals surface area contributed by atoms with E-state index >= 15 is 0 Å². The fourth-order valence-corrected chi connectivity index (χ4v) is 2.25. The van der Waals surface area contributed by atoms with Crippen LogP contribution in [0.2, 0.25) is 0 Å². The van der Waals surface area contributed by atoms with E-state index in [4.69, 9.17) is 0 Å². The van der Waals surface area contributed by atoms with Crippen molar-refractivity contribution in [3.8, 4) is 0 Å². The average molecular weight is 292 g/mol. The molecule has 0 aliphatic rings. The molecule has 3 heteroatoms. The summed E-state index contributed by atoms with van der Waals surface area (Å²) in [6, 6.07) is 7.71. The maximum atomic E-state index is 11.4. The molecule has 0 fully saturated rings. The van der Waals surface area contributed by atoms with Crippen LogP contribution in [-0.2, 0) is 10.8 Å². The smallest absolute Gasteiger partial charge is 0.0780 e. The molecule has 0 bridgehead atoms. The van der Waals surface area contributed by atoms with Crippen molar-refractivity contribution in [3.63, 3.8) is 0 Å². The minimum Gasteiger partial charge on any atom is -0.250 e. The molecule has 0 saturated carbocycles. The van der Waals surface area contributed by atoms with Gasteiger partial charge in [-0.1, -0.05) is 40.3 Å². The van der Waals surface area contributed by atoms with Crippen LogP contribution >= 0.6 is 22.6 Å². The molecule has 0 aromatic heterocycles. The molecular weight excluding hydrogens is 283 g/mol. The third-order valence-electron chi connectivity index (χ3n) is 1.43. The molecular formula is C9H9IOS. The molecule has 64 valence electrons. The zero-order chi connectivity index (χ0) is 8.97. The first-order valence-electron chi connectivity index (χ1n) is 3.48. The van der Waals surface area contributed by atoms with E-state index < -0.39 is 10.8 Å². The van der Waals surface area contributed by atoms with Crippen LogP contribution in [0.5, 0.6) is 0 Å². The second-order valence-corrected chi connectivity index (χ2v) is 4.43. The molecule has 0 aliphatic heterocycles. The lowest BCUT2D eigenvalue weighted by Crippen LogP contribution is -1.85. The first-order chi connectivity index (χ1) is 5.74. The maximum Gasteiger partial charge on any atom is 0.0780 e. The summed E-state index contributed by atoms with van der Waals surface area (Å²) in [7, 11) is -0.980. The summed E-state index contributed by atoms with van der Waals surface area (Å²) >= 11 is 2.06. The molecule has 0 N–H and O–H groups in total. The van der Waals surface area contributed by atoms with Gasteiger partial charge in [-0.3, -0.25) is 0 Å². The second-order valence-electron chi connectivity index (χ2n) is 2.37. The van der Waals surface area contributed by atoms with Gasteiger partial charge in [-0.15, -0.1) is 0 Å². The van der Waals surface area contributed by atoms with Crippen molar-refractivity contribution in [2.75, 3.05) is 0 Å². The van der Waals surface area contributed by atoms with Crippen molar-refractivity contribution in [2.45, 2.75) is 11.8 Å². The SMILES string of the molecule is Cc1ccc([S@](=O)/C=C/I)cc1. The molecule has 1 rings (SSSR count). The van der Waals surface area contributed by atoms with Gasteiger partial charge < -0.3 is 0 Å². The fourth-order valence-electron chi connectivity index (χ4n) is 0.798. The van der Waals surface area contributed by atoms with Gasteiger partial charge in [0.05, 0.1) is 10.8 Å². The van der Waals surface area contributed by atoms with Crippen LogP contribution in [0.25, 0.3) is 0 Å². The van der Waals surface area contributed by atoms with Crippen molar-refractivity contribution in [1.82, 2.24) is 0 Å². The summed E-state index contributed by atoms with van der Waals surface area (Å²) in [4.78, 5) is 0.855. The van der Waals surface area contributed by atoms with Crippen LogP contribution in [0.15, 0.2) is 38.7 Å². The van der Waals surface area contributed by atoms with Gasteiger partial charge in [-0.2, -0.15) is 0 Å². The summed E-state index contributed by atoms with van der Waals surface area (Å²) in [6.07, 6.45) is 0. The van der Waals surface area contributed by atoms with E-state index in [1.54, 1.807) is 9.49 Å². The van der Waals surface area contributed by atoms with Crippen molar-refractivity contribution < 1.29 is 4.21 Å². The molecule has 0 saturated heterocycles. The Morgan fingerprint density at radius 3 is 2.42 bits per heavy atom. The number of benzene rings is 1. The second kappa shape index (κ2) is 4.77. The van der Waals surface area contributed by atoms with Gasteiger partial charge in [-0.25, -0.2) is 4.21 Å². The predicted octanol–water partition coefficient (Wildman–Crippen LogP) is 3.01. The third kappa shape index (κ3) is 2.71. The number of rotatable bonds is 2. The van der Waals surface area contributed by atoms with E-state index in [0.717, 1.165) is 4.90 Å². The zero-order valence-corrected chi connectivity index (χ0v) is 9.63. The molecule has 0 heterocycles. The molecule has 12 heavy (non-hydrogen) atoms. The van der Waals surface area contributed by atoms with Gasteiger partial charge in [-0.05, 0) is 23.1 Å². The summed E-state index contributed by atoms with van der Waals surface area (Å²) < 4.78 is 13.1. The predicted molar refractivity (Wildman–Crippen MR) is 60.7 cm³/mol. The highest BCUT2D eigenvalue weighted by Gasteiger charge is 1.96. The van der Waals surface area contributed by atoms with Crippen LogP contribution in [0.1, 0.15) is 5.56 Å². The number of halogens is 1. The lowest BCUT2D eigenvalue weighted by molar-refractivity contribution is 0.688. The topological polar surface area (TPSA) is 17.1 Å². The first kappa shape index (κ1) is 9.92. The molecule has 1 aromatic carbocycles. The number of aryl methyl sites for hydroxylation is 1. The Kier molecular flexibility index (Phi) is 3.94. The Morgan fingerprint density at radius 2 is 1.92 bits per heavy atom. The molecule has 0 amide bonds. The van der Waals surface area contributed by atoms with Crippen LogP contribution < -0.4 is 0 Å². The Hall–Kier alpha value is -0.160. The normalized spacial score (nSPS) is 13.5. The highest BCUT2D eigenvalue weighted by molar-refractivity contribution is 14.1. The summed E-state index contributed by atoms with van der Waals surface area (Å²) in [5.41, 5.74) is 1.19. The van der Waals surface area contributed by atoms with E-state index in [2.05, 4.69) is 22.6 Å². The molecule has 0 radical (unpaired) electrons. The first-order valence-corrected chi connectivity index (χ1v) is 5.94. The lowest BCUT2D eigenvalue weighted by Gasteiger charge is -1.96. The Labute approximate surface area is 88.5 Å². The summed E-state index contributed by atoms with van der Waals surface area (Å²) in [6.45, 7) is 2.01. The standard InChI is InChI=1S/C9H9IOS/c1-8-2-4-9(5-3-8)12(11)7-6-10/h2-7H,1H3/b7-6+/t12-/m1/s1. The minimum atomic E-state index is -0.980. The van der Waals surface area contributed by atoms with Crippen molar-refractivity contribution >= 4 is 33.4 Å². The van der Waals surface area contributed by atoms with Crippen LogP contribution in [-0.4, -0.2) is 4.21 Å². The maximum absolute atomic E-state index is 11.4. The van der Waals surface area contributed by atoms with Crippen molar-refractivity contribution in [1.29, 1.82) is 0 Å². The summed E-state index contributed by atoms with van der Waals surface area (Å²) in [5, 5.41) is 1.67. The zero-order valence-electron chi connectivity index (χ0n) is 6.66. The van der Waals surface area contributed by atoms with Crippen LogP contribution in [0, 0.1) is 6.92 Å². The fraction of sp³-hybridized carbons (Fsp3) is 0.111. The van der Waals surface area contributed by atoms with Gasteiger partial charge in [0.15, 0.2) is 0 Å². The monoisotopic (exact) mass is 292 g/mol. The molecule has 1 aromatic rings. The van der Waals surface area contributed by atoms with Gasteiger partial charge in [0.25, 0.3) is 0 Å². The Morgan fingerprint density at radius 1 is 1.33 bits per heavy atom. The van der Waals surface area contributed by atoms with E-state index in [1.165, 1.54) is 5.56 Å². The van der Waals surface area contributed by atoms with E-state index in [-0.39, 0.29) is 0 Å². The minimum absolute atomic E-state index is 0.855. The summed E-state index contributed by atoms with van der Waals surface area (Å²) in [5.74, 6) is 0. The number of hydrogen-bond donors (Lipinski definition) is 0. The van der Waals surface area contributed by atoms with Gasteiger partial charge in [0, 0.05) is 10.3 Å². The molecule has 0 spiro atoms. The molecule has 1 atom stereocenters. The highest BCUT2D eigenvalue weighted by atomic mass is 127. The van der Waals surface area contributed by atoms with Crippen molar-refractivity contribution in [2.24, 2.45) is 0 Å². The molecule has 0 aliphatic carbocycles. The van der Waals surface area contributed by atoms with Gasteiger partial charge in [0.2, 0.25) is 0 Å². The van der Waals surface area contributed by atoms with Crippen LogP contribution in [0.4, 0.5) is 0 Å². The van der Waals surface area contributed by atoms with Gasteiger partial charge in [0.1, 0.15) is 0 Å². The van der Waals surface area contributed by atoms with E-state index in [9.17, 15) is 4.21 Å². The third-order valence-corrected chi connectivity index (χ3v) is 3.40. The van der Waals surface area contributed by atoms with Crippen molar-refractivity contribution in [3.05, 3.63) is 39.3 Å². The molecule has 0 unspecified atom stereocenters. The lowest BCUT2D eigenvalue weighted by atomic mass is 10.2. The van der Waals surface area contributed by atoms with Gasteiger partial charge >= 0.3 is 0 Å². The molecule has 1 nitrogen and oxygen atoms in total. The Balaban J connectivity index is 2.90. The van der Waals surface area contributed by atoms with Crippen LogP contribution in [0.3, 0.4) is 0 Å². The average Bonchev–Trinajstić information content (AvgIpc) is 2.06. The number of hydrogen-bond acceptors (Lipinski definition) is 1. The quantitative estimate of drug-likeness (QED) is 0.766. The van der Waals surface area contributed by atoms with E-state index in [0.29, 0.717) is 0 Å². The largest absolute Gasteiger partial charge is 0.250 e. The Bertz CT molecular complexity index is 303. The highest BCUT2D eigenvalue weighted by Crippen LogP contribution is 2.09.